The molecule has 0 spiro atoms. The fourth-order valence-electron chi connectivity index (χ4n) is 2.36. The average molecular weight is 291 g/mol. The van der Waals surface area contributed by atoms with Crippen molar-refractivity contribution in [3.63, 3.8) is 0 Å². The molecule has 0 heterocycles. The van der Waals surface area contributed by atoms with Crippen molar-refractivity contribution in [3.05, 3.63) is 63.2 Å². The summed E-state index contributed by atoms with van der Waals surface area (Å²) in [5, 5.41) is 11.3. The number of methoxy groups -OCH3 is 1. The Morgan fingerprint density at radius 2 is 1.60 bits per heavy atom. The quantitative estimate of drug-likeness (QED) is 0.910. The topological polar surface area (TPSA) is 29.5 Å². The molecule has 3 heteroatoms. The normalized spacial score (nSPS) is 12.3. The Hall–Kier alpha value is -1.51. The molecule has 106 valence electrons. The lowest BCUT2D eigenvalue weighted by atomic mass is 9.93. The first kappa shape index (κ1) is 14.9. The molecule has 2 aromatic rings. The van der Waals surface area contributed by atoms with Gasteiger partial charge in [-0.25, -0.2) is 0 Å². The van der Waals surface area contributed by atoms with Crippen LogP contribution in [0.5, 0.6) is 5.75 Å². The average Bonchev–Trinajstić information content (AvgIpc) is 2.42. The number of hydrogen-bond donors (Lipinski definition) is 1. The van der Waals surface area contributed by atoms with Crippen LogP contribution < -0.4 is 4.74 Å². The molecule has 0 bridgehead atoms. The highest BCUT2D eigenvalue weighted by Gasteiger charge is 2.18. The minimum Gasteiger partial charge on any atom is -0.496 e. The van der Waals surface area contributed by atoms with Crippen molar-refractivity contribution in [1.29, 1.82) is 0 Å². The second kappa shape index (κ2) is 5.86. The molecule has 0 fully saturated rings. The monoisotopic (exact) mass is 290 g/mol. The van der Waals surface area contributed by atoms with Gasteiger partial charge in [0, 0.05) is 10.6 Å². The van der Waals surface area contributed by atoms with Gasteiger partial charge in [0.25, 0.3) is 0 Å². The number of aliphatic hydroxyl groups excluding tert-OH is 1. The number of aliphatic hydroxyl groups is 1. The van der Waals surface area contributed by atoms with Crippen LogP contribution in [0, 0.1) is 20.8 Å². The largest absolute Gasteiger partial charge is 0.496 e. The van der Waals surface area contributed by atoms with Gasteiger partial charge in [-0.1, -0.05) is 23.7 Å². The third kappa shape index (κ3) is 2.82. The highest BCUT2D eigenvalue weighted by molar-refractivity contribution is 6.30. The van der Waals surface area contributed by atoms with Gasteiger partial charge in [0.1, 0.15) is 11.9 Å². The van der Waals surface area contributed by atoms with Crippen molar-refractivity contribution >= 4 is 11.6 Å². The van der Waals surface area contributed by atoms with Gasteiger partial charge in [0.2, 0.25) is 0 Å². The number of aryl methyl sites for hydroxylation is 3. The Kier molecular flexibility index (Phi) is 4.36. The summed E-state index contributed by atoms with van der Waals surface area (Å²) in [5.41, 5.74) is 5.00. The van der Waals surface area contributed by atoms with E-state index in [1.165, 1.54) is 5.56 Å². The summed E-state index contributed by atoms with van der Waals surface area (Å²) in [6.07, 6.45) is -0.747. The molecule has 0 aliphatic heterocycles. The number of ether oxygens (including phenoxy) is 1. The molecule has 0 aliphatic rings. The summed E-state index contributed by atoms with van der Waals surface area (Å²) in [5.74, 6) is 0.638. The summed E-state index contributed by atoms with van der Waals surface area (Å²) in [6, 6.07) is 9.39. The van der Waals surface area contributed by atoms with Crippen molar-refractivity contribution in [3.8, 4) is 5.75 Å². The van der Waals surface area contributed by atoms with Gasteiger partial charge in [-0.15, -0.1) is 0 Å². The lowest BCUT2D eigenvalue weighted by molar-refractivity contribution is 0.214. The molecule has 0 saturated heterocycles. The Balaban J connectivity index is 2.54. The van der Waals surface area contributed by atoms with Gasteiger partial charge in [0.15, 0.2) is 0 Å². The molecular formula is C17H19ClO2. The van der Waals surface area contributed by atoms with Crippen LogP contribution >= 0.6 is 11.6 Å². The van der Waals surface area contributed by atoms with E-state index in [-0.39, 0.29) is 0 Å². The zero-order valence-electron chi connectivity index (χ0n) is 12.2. The first-order valence-electron chi connectivity index (χ1n) is 6.53. The van der Waals surface area contributed by atoms with Crippen LogP contribution in [0.25, 0.3) is 0 Å². The van der Waals surface area contributed by atoms with E-state index in [1.54, 1.807) is 25.3 Å². The van der Waals surface area contributed by atoms with Gasteiger partial charge in [-0.05, 0) is 61.2 Å². The Morgan fingerprint density at radius 1 is 0.950 bits per heavy atom. The highest BCUT2D eigenvalue weighted by atomic mass is 35.5. The smallest absolute Gasteiger partial charge is 0.125 e. The number of hydrogen-bond acceptors (Lipinski definition) is 2. The third-order valence-electron chi connectivity index (χ3n) is 3.66. The molecule has 0 radical (unpaired) electrons. The first-order chi connectivity index (χ1) is 9.43. The van der Waals surface area contributed by atoms with Crippen molar-refractivity contribution in [2.75, 3.05) is 7.11 Å². The van der Waals surface area contributed by atoms with Crippen molar-refractivity contribution < 1.29 is 9.84 Å². The highest BCUT2D eigenvalue weighted by Crippen LogP contribution is 2.34. The predicted molar refractivity (Wildman–Crippen MR) is 82.7 cm³/mol. The SMILES string of the molecule is COc1ccc(Cl)cc1C(O)c1cc(C)c(C)cc1C. The van der Waals surface area contributed by atoms with Crippen molar-refractivity contribution in [2.45, 2.75) is 26.9 Å². The van der Waals surface area contributed by atoms with E-state index in [4.69, 9.17) is 16.3 Å². The molecule has 2 aromatic carbocycles. The van der Waals surface area contributed by atoms with E-state index >= 15 is 0 Å². The summed E-state index contributed by atoms with van der Waals surface area (Å²) in [7, 11) is 1.59. The summed E-state index contributed by atoms with van der Waals surface area (Å²) in [4.78, 5) is 0. The lowest BCUT2D eigenvalue weighted by Gasteiger charge is -2.19. The van der Waals surface area contributed by atoms with Gasteiger partial charge in [0.05, 0.1) is 7.11 Å². The van der Waals surface area contributed by atoms with E-state index in [2.05, 4.69) is 13.0 Å². The van der Waals surface area contributed by atoms with Gasteiger partial charge in [-0.3, -0.25) is 0 Å². The molecule has 2 nitrogen and oxygen atoms in total. The molecule has 1 N–H and O–H groups in total. The maximum atomic E-state index is 10.7. The molecule has 0 saturated carbocycles. The summed E-state index contributed by atoms with van der Waals surface area (Å²) >= 11 is 6.03. The van der Waals surface area contributed by atoms with Gasteiger partial charge < -0.3 is 9.84 Å². The van der Waals surface area contributed by atoms with Crippen LogP contribution in [0.3, 0.4) is 0 Å². The molecule has 1 atom stereocenters. The van der Waals surface area contributed by atoms with E-state index in [1.807, 2.05) is 19.9 Å². The van der Waals surface area contributed by atoms with Crippen molar-refractivity contribution in [2.24, 2.45) is 0 Å². The molecule has 0 aromatic heterocycles. The van der Waals surface area contributed by atoms with Crippen molar-refractivity contribution in [1.82, 2.24) is 0 Å². The van der Waals surface area contributed by atoms with Crippen LogP contribution in [0.15, 0.2) is 30.3 Å². The fraction of sp³-hybridized carbons (Fsp3) is 0.294. The number of benzene rings is 2. The summed E-state index contributed by atoms with van der Waals surface area (Å²) in [6.45, 7) is 6.11. The van der Waals surface area contributed by atoms with E-state index < -0.39 is 6.10 Å². The second-order valence-corrected chi connectivity index (χ2v) is 5.52. The maximum absolute atomic E-state index is 10.7. The lowest BCUT2D eigenvalue weighted by Crippen LogP contribution is -2.05. The van der Waals surface area contributed by atoms with Gasteiger partial charge in [-0.2, -0.15) is 0 Å². The van der Waals surface area contributed by atoms with Crippen LogP contribution in [0.2, 0.25) is 5.02 Å². The zero-order chi connectivity index (χ0) is 14.9. The predicted octanol–water partition coefficient (Wildman–Crippen LogP) is 4.36. The Morgan fingerprint density at radius 3 is 2.25 bits per heavy atom. The molecule has 0 amide bonds. The second-order valence-electron chi connectivity index (χ2n) is 5.08. The summed E-state index contributed by atoms with van der Waals surface area (Å²) < 4.78 is 5.32. The minimum absolute atomic E-state index is 0.585. The molecule has 20 heavy (non-hydrogen) atoms. The Bertz CT molecular complexity index is 635. The zero-order valence-corrected chi connectivity index (χ0v) is 13.0. The standard InChI is InChI=1S/C17H19ClO2/c1-10-7-12(3)14(8-11(10)2)17(19)15-9-13(18)5-6-16(15)20-4/h5-9,17,19H,1-4H3. The fourth-order valence-corrected chi connectivity index (χ4v) is 2.54. The molecular weight excluding hydrogens is 272 g/mol. The molecule has 0 aliphatic carbocycles. The minimum atomic E-state index is -0.747. The van der Waals surface area contributed by atoms with E-state index in [0.717, 1.165) is 16.7 Å². The van der Waals surface area contributed by atoms with Crippen LogP contribution in [0.1, 0.15) is 33.9 Å². The Labute approximate surface area is 125 Å². The third-order valence-corrected chi connectivity index (χ3v) is 3.90. The van der Waals surface area contributed by atoms with Gasteiger partial charge >= 0.3 is 0 Å². The maximum Gasteiger partial charge on any atom is 0.125 e. The number of halogens is 1. The molecule has 1 unspecified atom stereocenters. The van der Waals surface area contributed by atoms with Crippen LogP contribution in [-0.4, -0.2) is 12.2 Å². The number of rotatable bonds is 3. The molecule has 2 rings (SSSR count). The van der Waals surface area contributed by atoms with Crippen LogP contribution in [0.4, 0.5) is 0 Å². The van der Waals surface area contributed by atoms with E-state index in [9.17, 15) is 5.11 Å². The van der Waals surface area contributed by atoms with Crippen LogP contribution in [-0.2, 0) is 0 Å². The first-order valence-corrected chi connectivity index (χ1v) is 6.91. The van der Waals surface area contributed by atoms with E-state index in [0.29, 0.717) is 16.3 Å².